The SMILES string of the molecule is COc1c2c(cc3c1-c1c(cc4c(c1OC)OCO4)[C@H](O)[C@H](C)[C@H](C)C3=O)OCO2. The van der Waals surface area contributed by atoms with Gasteiger partial charge in [0.1, 0.15) is 0 Å². The molecule has 0 saturated carbocycles. The monoisotopic (exact) mass is 414 g/mol. The molecule has 5 rings (SSSR count). The summed E-state index contributed by atoms with van der Waals surface area (Å²) in [5, 5.41) is 11.3. The van der Waals surface area contributed by atoms with Crippen LogP contribution in [-0.4, -0.2) is 38.7 Å². The minimum atomic E-state index is -0.939. The lowest BCUT2D eigenvalue weighted by Crippen LogP contribution is -2.27. The van der Waals surface area contributed by atoms with Crippen LogP contribution in [0.15, 0.2) is 12.1 Å². The normalized spacial score (nSPS) is 23.4. The van der Waals surface area contributed by atoms with Gasteiger partial charge in [-0.15, -0.1) is 0 Å². The maximum atomic E-state index is 13.5. The lowest BCUT2D eigenvalue weighted by atomic mass is 9.75. The van der Waals surface area contributed by atoms with Crippen LogP contribution in [0.2, 0.25) is 0 Å². The summed E-state index contributed by atoms with van der Waals surface area (Å²) in [6.07, 6.45) is -0.939. The summed E-state index contributed by atoms with van der Waals surface area (Å²) in [4.78, 5) is 13.5. The molecule has 8 heteroatoms. The van der Waals surface area contributed by atoms with Crippen molar-refractivity contribution in [3.05, 3.63) is 23.3 Å². The molecule has 8 nitrogen and oxygen atoms in total. The van der Waals surface area contributed by atoms with Crippen molar-refractivity contribution in [3.8, 4) is 45.6 Å². The van der Waals surface area contributed by atoms with Gasteiger partial charge in [-0.3, -0.25) is 4.79 Å². The Balaban J connectivity index is 1.95. The van der Waals surface area contributed by atoms with Crippen LogP contribution in [0.5, 0.6) is 34.5 Å². The van der Waals surface area contributed by atoms with E-state index in [1.165, 1.54) is 14.2 Å². The van der Waals surface area contributed by atoms with Crippen molar-refractivity contribution in [1.29, 1.82) is 0 Å². The van der Waals surface area contributed by atoms with Crippen LogP contribution in [-0.2, 0) is 0 Å². The van der Waals surface area contributed by atoms with Crippen molar-refractivity contribution in [2.45, 2.75) is 20.0 Å². The first-order valence-corrected chi connectivity index (χ1v) is 9.71. The molecule has 2 aromatic carbocycles. The summed E-state index contributed by atoms with van der Waals surface area (Å²) < 4.78 is 33.8. The van der Waals surface area contributed by atoms with Gasteiger partial charge in [-0.2, -0.15) is 0 Å². The predicted octanol–water partition coefficient (Wildman–Crippen LogP) is 3.33. The number of methoxy groups -OCH3 is 2. The Morgan fingerprint density at radius 3 is 2.07 bits per heavy atom. The summed E-state index contributed by atoms with van der Waals surface area (Å²) >= 11 is 0. The van der Waals surface area contributed by atoms with E-state index < -0.39 is 12.0 Å². The highest BCUT2D eigenvalue weighted by Crippen LogP contribution is 2.58. The van der Waals surface area contributed by atoms with Gasteiger partial charge in [0, 0.05) is 22.6 Å². The van der Waals surface area contributed by atoms with Gasteiger partial charge < -0.3 is 33.5 Å². The largest absolute Gasteiger partial charge is 0.492 e. The second-order valence-corrected chi connectivity index (χ2v) is 7.63. The predicted molar refractivity (Wildman–Crippen MR) is 105 cm³/mol. The molecule has 3 atom stereocenters. The van der Waals surface area contributed by atoms with Crippen molar-refractivity contribution < 1.29 is 38.3 Å². The fourth-order valence-corrected chi connectivity index (χ4v) is 4.41. The van der Waals surface area contributed by atoms with Crippen molar-refractivity contribution in [2.24, 2.45) is 11.8 Å². The van der Waals surface area contributed by atoms with E-state index in [9.17, 15) is 9.90 Å². The van der Waals surface area contributed by atoms with Crippen molar-refractivity contribution in [3.63, 3.8) is 0 Å². The minimum absolute atomic E-state index is 0.0302. The first-order valence-electron chi connectivity index (χ1n) is 9.71. The van der Waals surface area contributed by atoms with Gasteiger partial charge in [0.2, 0.25) is 25.1 Å². The second kappa shape index (κ2) is 6.70. The molecule has 2 aromatic rings. The molecular formula is C22H22O8. The highest BCUT2D eigenvalue weighted by Gasteiger charge is 2.41. The molecule has 0 aromatic heterocycles. The zero-order chi connectivity index (χ0) is 21.2. The van der Waals surface area contributed by atoms with Crippen LogP contribution < -0.4 is 28.4 Å². The van der Waals surface area contributed by atoms with Crippen LogP contribution >= 0.6 is 0 Å². The first-order chi connectivity index (χ1) is 14.5. The van der Waals surface area contributed by atoms with Crippen molar-refractivity contribution >= 4 is 5.78 Å². The molecule has 1 aliphatic carbocycles. The number of hydrogen-bond donors (Lipinski definition) is 1. The molecule has 30 heavy (non-hydrogen) atoms. The number of carbonyl (C=O) groups excluding carboxylic acids is 1. The maximum absolute atomic E-state index is 13.5. The molecule has 0 fully saturated rings. The molecule has 3 aliphatic rings. The fourth-order valence-electron chi connectivity index (χ4n) is 4.41. The quantitative estimate of drug-likeness (QED) is 0.800. The zero-order valence-electron chi connectivity index (χ0n) is 17.1. The van der Waals surface area contributed by atoms with Gasteiger partial charge in [0.05, 0.1) is 20.3 Å². The van der Waals surface area contributed by atoms with E-state index in [1.54, 1.807) is 12.1 Å². The Labute approximate surface area is 173 Å². The number of aliphatic hydroxyl groups excluding tert-OH is 1. The van der Waals surface area contributed by atoms with Gasteiger partial charge in [-0.1, -0.05) is 13.8 Å². The van der Waals surface area contributed by atoms with E-state index in [1.807, 2.05) is 13.8 Å². The van der Waals surface area contributed by atoms with E-state index >= 15 is 0 Å². The lowest BCUT2D eigenvalue weighted by Gasteiger charge is -2.31. The Kier molecular flexibility index (Phi) is 4.21. The molecular weight excluding hydrogens is 392 g/mol. The van der Waals surface area contributed by atoms with Crippen LogP contribution in [0.4, 0.5) is 0 Å². The number of ether oxygens (including phenoxy) is 6. The standard InChI is InChI=1S/C22H22O8/c1-9-10(2)18(24)12-6-14-20(30-8-28-14)22(26-4)16(12)15-11(17(9)23)5-13-19(21(15)25-3)29-7-27-13/h5-6,9-10,17,23H,7-8H2,1-4H3/t9-,10+,17-/m1/s1. The second-order valence-electron chi connectivity index (χ2n) is 7.63. The third-order valence-electron chi connectivity index (χ3n) is 6.21. The number of rotatable bonds is 2. The number of hydrogen-bond acceptors (Lipinski definition) is 8. The van der Waals surface area contributed by atoms with Crippen LogP contribution in [0, 0.1) is 11.8 Å². The summed E-state index contributed by atoms with van der Waals surface area (Å²) in [5.74, 6) is 1.54. The van der Waals surface area contributed by atoms with E-state index in [-0.39, 0.29) is 25.3 Å². The van der Waals surface area contributed by atoms with E-state index in [2.05, 4.69) is 0 Å². The molecule has 158 valence electrons. The molecule has 0 spiro atoms. The van der Waals surface area contributed by atoms with Gasteiger partial charge in [0.25, 0.3) is 0 Å². The van der Waals surface area contributed by atoms with Gasteiger partial charge in [0.15, 0.2) is 28.8 Å². The molecule has 2 aliphatic heterocycles. The summed E-state index contributed by atoms with van der Waals surface area (Å²) in [6.45, 7) is 3.73. The molecule has 1 N–H and O–H groups in total. The summed E-state index contributed by atoms with van der Waals surface area (Å²) in [7, 11) is 3.01. The number of carbonyl (C=O) groups is 1. The van der Waals surface area contributed by atoms with Crippen LogP contribution in [0.25, 0.3) is 11.1 Å². The van der Waals surface area contributed by atoms with Gasteiger partial charge >= 0.3 is 0 Å². The number of Topliss-reactive ketones (excluding diaryl/α,β-unsaturated/α-hetero) is 1. The van der Waals surface area contributed by atoms with Crippen LogP contribution in [0.3, 0.4) is 0 Å². The summed E-state index contributed by atoms with van der Waals surface area (Å²) in [5.41, 5.74) is 1.99. The van der Waals surface area contributed by atoms with E-state index in [4.69, 9.17) is 28.4 Å². The molecule has 0 bridgehead atoms. The Morgan fingerprint density at radius 2 is 1.47 bits per heavy atom. The van der Waals surface area contributed by atoms with E-state index in [0.717, 1.165) is 0 Å². The highest BCUT2D eigenvalue weighted by atomic mass is 16.7. The number of aliphatic hydroxyl groups is 1. The Morgan fingerprint density at radius 1 is 0.900 bits per heavy atom. The Bertz CT molecular complexity index is 1060. The average Bonchev–Trinajstić information content (AvgIpc) is 3.42. The number of ketones is 1. The topological polar surface area (TPSA) is 92.7 Å². The minimum Gasteiger partial charge on any atom is -0.492 e. The Hall–Kier alpha value is -3.13. The van der Waals surface area contributed by atoms with Crippen molar-refractivity contribution in [2.75, 3.05) is 27.8 Å². The lowest BCUT2D eigenvalue weighted by molar-refractivity contribution is 0.0650. The summed E-state index contributed by atoms with van der Waals surface area (Å²) in [6, 6.07) is 3.43. The molecule has 2 heterocycles. The first kappa shape index (κ1) is 18.9. The van der Waals surface area contributed by atoms with Gasteiger partial charge in [-0.25, -0.2) is 0 Å². The number of benzene rings is 2. The zero-order valence-corrected chi connectivity index (χ0v) is 17.1. The molecule has 0 saturated heterocycles. The smallest absolute Gasteiger partial charge is 0.231 e. The van der Waals surface area contributed by atoms with Crippen LogP contribution in [0.1, 0.15) is 35.9 Å². The number of fused-ring (bicyclic) bond motifs is 5. The molecule has 0 radical (unpaired) electrons. The highest BCUT2D eigenvalue weighted by molar-refractivity contribution is 6.08. The van der Waals surface area contributed by atoms with Gasteiger partial charge in [-0.05, 0) is 23.6 Å². The average molecular weight is 414 g/mol. The van der Waals surface area contributed by atoms with E-state index in [0.29, 0.717) is 56.8 Å². The third kappa shape index (κ3) is 2.40. The molecule has 0 unspecified atom stereocenters. The molecule has 0 amide bonds. The maximum Gasteiger partial charge on any atom is 0.231 e. The fraction of sp³-hybridized carbons (Fsp3) is 0.409. The van der Waals surface area contributed by atoms with Crippen molar-refractivity contribution in [1.82, 2.24) is 0 Å². The third-order valence-corrected chi connectivity index (χ3v) is 6.21.